The van der Waals surface area contributed by atoms with Crippen LogP contribution in [0.15, 0.2) is 41.2 Å². The van der Waals surface area contributed by atoms with Crippen LogP contribution >= 0.6 is 0 Å². The Balaban J connectivity index is 1.95. The Morgan fingerprint density at radius 2 is 1.52 bits per heavy atom. The second-order valence-electron chi connectivity index (χ2n) is 4.70. The molecule has 3 rings (SSSR count). The lowest BCUT2D eigenvalue weighted by Crippen LogP contribution is -1.89. The van der Waals surface area contributed by atoms with E-state index in [2.05, 4.69) is 34.0 Å². The monoisotopic (exact) mass is 280 g/mol. The molecule has 0 spiro atoms. The lowest BCUT2D eigenvalue weighted by molar-refractivity contribution is 0.432. The summed E-state index contributed by atoms with van der Waals surface area (Å²) in [7, 11) is 0. The smallest absolute Gasteiger partial charge is 0.258 e. The number of pyridine rings is 2. The molecule has 0 aliphatic carbocycles. The maximum atomic E-state index is 5.37. The van der Waals surface area contributed by atoms with Gasteiger partial charge >= 0.3 is 0 Å². The molecule has 3 aromatic rings. The van der Waals surface area contributed by atoms with E-state index in [1.165, 1.54) is 0 Å². The number of rotatable bonds is 4. The van der Waals surface area contributed by atoms with Crippen LogP contribution in [0, 0.1) is 0 Å². The van der Waals surface area contributed by atoms with Crippen molar-refractivity contribution in [1.29, 1.82) is 0 Å². The van der Waals surface area contributed by atoms with Crippen LogP contribution in [0.2, 0.25) is 0 Å². The van der Waals surface area contributed by atoms with Crippen molar-refractivity contribution in [1.82, 2.24) is 20.1 Å². The molecule has 0 bridgehead atoms. The quantitative estimate of drug-likeness (QED) is 0.733. The van der Waals surface area contributed by atoms with E-state index in [-0.39, 0.29) is 0 Å². The van der Waals surface area contributed by atoms with Crippen molar-refractivity contribution in [2.45, 2.75) is 26.7 Å². The summed E-state index contributed by atoms with van der Waals surface area (Å²) in [6.07, 6.45) is 5.29. The molecule has 0 fully saturated rings. The maximum absolute atomic E-state index is 5.37. The van der Waals surface area contributed by atoms with Crippen molar-refractivity contribution in [2.75, 3.05) is 0 Å². The van der Waals surface area contributed by atoms with Crippen LogP contribution in [0.25, 0.3) is 22.8 Å². The van der Waals surface area contributed by atoms with Gasteiger partial charge in [-0.3, -0.25) is 9.97 Å². The van der Waals surface area contributed by atoms with Gasteiger partial charge in [0.25, 0.3) is 5.89 Å². The molecule has 21 heavy (non-hydrogen) atoms. The molecule has 0 saturated carbocycles. The van der Waals surface area contributed by atoms with E-state index in [1.54, 1.807) is 12.4 Å². The van der Waals surface area contributed by atoms with Gasteiger partial charge in [-0.05, 0) is 37.1 Å². The molecular formula is C16H16N4O. The van der Waals surface area contributed by atoms with Crippen LogP contribution < -0.4 is 0 Å². The van der Waals surface area contributed by atoms with E-state index in [0.29, 0.717) is 11.7 Å². The van der Waals surface area contributed by atoms with Crippen LogP contribution in [0.5, 0.6) is 0 Å². The fourth-order valence-electron chi connectivity index (χ4n) is 2.07. The van der Waals surface area contributed by atoms with Gasteiger partial charge in [0.05, 0.1) is 0 Å². The van der Waals surface area contributed by atoms with Gasteiger partial charge in [-0.15, -0.1) is 0 Å². The molecule has 0 aromatic carbocycles. The highest BCUT2D eigenvalue weighted by atomic mass is 16.5. The first kappa shape index (κ1) is 13.4. The molecule has 0 N–H and O–H groups in total. The standard InChI is InChI=1S/C16H16N4O/c1-3-13-9-11(5-7-17-13)15-19-16(21-20-15)12-6-8-18-14(4-2)10-12/h5-10H,3-4H2,1-2H3. The van der Waals surface area contributed by atoms with Crippen LogP contribution in [-0.2, 0) is 12.8 Å². The van der Waals surface area contributed by atoms with Gasteiger partial charge in [-0.1, -0.05) is 19.0 Å². The summed E-state index contributed by atoms with van der Waals surface area (Å²) < 4.78 is 5.37. The van der Waals surface area contributed by atoms with E-state index >= 15 is 0 Å². The third kappa shape index (κ3) is 2.81. The summed E-state index contributed by atoms with van der Waals surface area (Å²) in [5.41, 5.74) is 3.83. The molecule has 3 aromatic heterocycles. The lowest BCUT2D eigenvalue weighted by atomic mass is 10.2. The van der Waals surface area contributed by atoms with Gasteiger partial charge in [0, 0.05) is 34.9 Å². The molecule has 3 heterocycles. The second kappa shape index (κ2) is 5.83. The molecule has 0 saturated heterocycles. The van der Waals surface area contributed by atoms with Crippen molar-refractivity contribution >= 4 is 0 Å². The van der Waals surface area contributed by atoms with E-state index in [0.717, 1.165) is 35.4 Å². The lowest BCUT2D eigenvalue weighted by Gasteiger charge is -1.98. The van der Waals surface area contributed by atoms with Gasteiger partial charge in [0.2, 0.25) is 5.82 Å². The summed E-state index contributed by atoms with van der Waals surface area (Å²) in [6, 6.07) is 7.72. The van der Waals surface area contributed by atoms with Gasteiger partial charge in [0.15, 0.2) is 0 Å². The third-order valence-corrected chi connectivity index (χ3v) is 3.29. The number of hydrogen-bond donors (Lipinski definition) is 0. The Morgan fingerprint density at radius 1 is 0.905 bits per heavy atom. The van der Waals surface area contributed by atoms with Gasteiger partial charge in [0.1, 0.15) is 0 Å². The average Bonchev–Trinajstić information content (AvgIpc) is 3.05. The summed E-state index contributed by atoms with van der Waals surface area (Å²) in [5.74, 6) is 1.09. The van der Waals surface area contributed by atoms with Crippen molar-refractivity contribution in [3.63, 3.8) is 0 Å². The molecule has 0 unspecified atom stereocenters. The summed E-state index contributed by atoms with van der Waals surface area (Å²) >= 11 is 0. The topological polar surface area (TPSA) is 64.7 Å². The highest BCUT2D eigenvalue weighted by Gasteiger charge is 2.11. The minimum atomic E-state index is 0.511. The Kier molecular flexibility index (Phi) is 3.73. The molecule has 0 aliphatic heterocycles. The normalized spacial score (nSPS) is 10.8. The highest BCUT2D eigenvalue weighted by molar-refractivity contribution is 5.59. The second-order valence-corrected chi connectivity index (χ2v) is 4.70. The molecule has 5 nitrogen and oxygen atoms in total. The van der Waals surface area contributed by atoms with Crippen LogP contribution in [-0.4, -0.2) is 20.1 Å². The number of hydrogen-bond acceptors (Lipinski definition) is 5. The summed E-state index contributed by atoms with van der Waals surface area (Å²) in [6.45, 7) is 4.13. The van der Waals surface area contributed by atoms with Gasteiger partial charge < -0.3 is 4.52 Å². The first-order valence-corrected chi connectivity index (χ1v) is 7.04. The fourth-order valence-corrected chi connectivity index (χ4v) is 2.07. The highest BCUT2D eigenvalue weighted by Crippen LogP contribution is 2.22. The molecule has 5 heteroatoms. The molecular weight excluding hydrogens is 264 g/mol. The summed E-state index contributed by atoms with van der Waals surface area (Å²) in [5, 5.41) is 4.06. The number of aromatic nitrogens is 4. The minimum absolute atomic E-state index is 0.511. The van der Waals surface area contributed by atoms with E-state index in [4.69, 9.17) is 4.52 Å². The first-order chi connectivity index (χ1) is 10.3. The fraction of sp³-hybridized carbons (Fsp3) is 0.250. The van der Waals surface area contributed by atoms with Gasteiger partial charge in [-0.25, -0.2) is 0 Å². The van der Waals surface area contributed by atoms with Crippen molar-refractivity contribution < 1.29 is 4.52 Å². The zero-order valence-electron chi connectivity index (χ0n) is 12.1. The zero-order chi connectivity index (χ0) is 14.7. The third-order valence-electron chi connectivity index (χ3n) is 3.29. The number of aryl methyl sites for hydroxylation is 2. The predicted octanol–water partition coefficient (Wildman–Crippen LogP) is 3.32. The Morgan fingerprint density at radius 3 is 2.19 bits per heavy atom. The average molecular weight is 280 g/mol. The SMILES string of the molecule is CCc1cc(-c2noc(-c3ccnc(CC)c3)n2)ccn1. The molecule has 0 radical (unpaired) electrons. The van der Waals surface area contributed by atoms with Crippen molar-refractivity contribution in [3.05, 3.63) is 48.0 Å². The first-order valence-electron chi connectivity index (χ1n) is 7.04. The molecule has 106 valence electrons. The summed E-state index contributed by atoms with van der Waals surface area (Å²) in [4.78, 5) is 13.0. The zero-order valence-corrected chi connectivity index (χ0v) is 12.1. The van der Waals surface area contributed by atoms with E-state index < -0.39 is 0 Å². The Bertz CT molecular complexity index is 689. The Hall–Kier alpha value is -2.56. The molecule has 0 aliphatic rings. The molecule has 0 amide bonds. The van der Waals surface area contributed by atoms with Crippen molar-refractivity contribution in [3.8, 4) is 22.8 Å². The maximum Gasteiger partial charge on any atom is 0.258 e. The predicted molar refractivity (Wildman–Crippen MR) is 79.5 cm³/mol. The van der Waals surface area contributed by atoms with E-state index in [9.17, 15) is 0 Å². The van der Waals surface area contributed by atoms with Crippen LogP contribution in [0.1, 0.15) is 25.2 Å². The van der Waals surface area contributed by atoms with Crippen molar-refractivity contribution in [2.24, 2.45) is 0 Å². The number of nitrogens with zero attached hydrogens (tertiary/aromatic N) is 4. The molecule has 0 atom stereocenters. The minimum Gasteiger partial charge on any atom is -0.334 e. The van der Waals surface area contributed by atoms with E-state index in [1.807, 2.05) is 24.3 Å². The van der Waals surface area contributed by atoms with Crippen LogP contribution in [0.4, 0.5) is 0 Å². The Labute approximate surface area is 123 Å². The largest absolute Gasteiger partial charge is 0.334 e. The van der Waals surface area contributed by atoms with Gasteiger partial charge in [-0.2, -0.15) is 4.98 Å². The van der Waals surface area contributed by atoms with Crippen LogP contribution in [0.3, 0.4) is 0 Å².